The molecule has 3 rings (SSSR count). The van der Waals surface area contributed by atoms with Crippen molar-refractivity contribution in [3.8, 4) is 5.75 Å². The second-order valence-corrected chi connectivity index (χ2v) is 9.96. The van der Waals surface area contributed by atoms with Gasteiger partial charge in [0, 0.05) is 7.05 Å². The van der Waals surface area contributed by atoms with E-state index in [2.05, 4.69) is 5.32 Å². The number of ether oxygens (including phenoxy) is 1. The lowest BCUT2D eigenvalue weighted by Crippen LogP contribution is -2.40. The van der Waals surface area contributed by atoms with Gasteiger partial charge in [-0.2, -0.15) is 0 Å². The highest BCUT2D eigenvalue weighted by molar-refractivity contribution is 7.92. The molecule has 0 aliphatic rings. The SMILES string of the molecule is CC[C@H](Oc1ccc(N(C)S(C)(=O)=O)cc1)C(=O)N[C@@H](c1ccccc1)c1ccccc1C. The van der Waals surface area contributed by atoms with E-state index in [-0.39, 0.29) is 11.9 Å². The van der Waals surface area contributed by atoms with Gasteiger partial charge in [0.2, 0.25) is 10.0 Å². The van der Waals surface area contributed by atoms with Crippen molar-refractivity contribution in [3.63, 3.8) is 0 Å². The smallest absolute Gasteiger partial charge is 0.261 e. The van der Waals surface area contributed by atoms with E-state index in [1.807, 2.05) is 68.4 Å². The van der Waals surface area contributed by atoms with Crippen LogP contribution in [0.15, 0.2) is 78.9 Å². The molecule has 0 bridgehead atoms. The molecule has 0 aliphatic carbocycles. The van der Waals surface area contributed by atoms with Crippen LogP contribution >= 0.6 is 0 Å². The van der Waals surface area contributed by atoms with Crippen molar-refractivity contribution >= 4 is 21.6 Å². The Morgan fingerprint density at radius 3 is 2.15 bits per heavy atom. The average Bonchev–Trinajstić information content (AvgIpc) is 2.81. The third-order valence-electron chi connectivity index (χ3n) is 5.56. The van der Waals surface area contributed by atoms with Gasteiger partial charge in [-0.25, -0.2) is 8.42 Å². The highest BCUT2D eigenvalue weighted by Crippen LogP contribution is 2.26. The number of anilines is 1. The van der Waals surface area contributed by atoms with Crippen LogP contribution in [-0.4, -0.2) is 33.7 Å². The van der Waals surface area contributed by atoms with Crippen molar-refractivity contribution in [2.24, 2.45) is 0 Å². The second-order valence-electron chi connectivity index (χ2n) is 7.95. The number of sulfonamides is 1. The molecule has 1 amide bonds. The Bertz CT molecular complexity index is 1180. The predicted molar refractivity (Wildman–Crippen MR) is 132 cm³/mol. The monoisotopic (exact) mass is 466 g/mol. The molecule has 174 valence electrons. The largest absolute Gasteiger partial charge is 0.481 e. The molecule has 2 atom stereocenters. The van der Waals surface area contributed by atoms with Gasteiger partial charge in [-0.1, -0.05) is 61.5 Å². The number of carbonyl (C=O) groups excluding carboxylic acids is 1. The quantitative estimate of drug-likeness (QED) is 0.505. The van der Waals surface area contributed by atoms with E-state index < -0.39 is 16.1 Å². The third kappa shape index (κ3) is 6.14. The van der Waals surface area contributed by atoms with Crippen molar-refractivity contribution in [1.82, 2.24) is 5.32 Å². The number of nitrogens with one attached hydrogen (secondary N) is 1. The number of aryl methyl sites for hydroxylation is 1. The summed E-state index contributed by atoms with van der Waals surface area (Å²) in [5.74, 6) is 0.279. The van der Waals surface area contributed by atoms with Crippen molar-refractivity contribution in [2.45, 2.75) is 32.4 Å². The predicted octanol–water partition coefficient (Wildman–Crippen LogP) is 4.45. The number of carbonyl (C=O) groups is 1. The highest BCUT2D eigenvalue weighted by atomic mass is 32.2. The number of amides is 1. The lowest BCUT2D eigenvalue weighted by atomic mass is 9.94. The molecule has 0 saturated heterocycles. The highest BCUT2D eigenvalue weighted by Gasteiger charge is 2.24. The fraction of sp³-hybridized carbons (Fsp3) is 0.269. The van der Waals surface area contributed by atoms with Crippen molar-refractivity contribution in [3.05, 3.63) is 95.6 Å². The first-order valence-corrected chi connectivity index (χ1v) is 12.7. The lowest BCUT2D eigenvalue weighted by molar-refractivity contribution is -0.128. The molecule has 0 radical (unpaired) electrons. The Hall–Kier alpha value is -3.32. The Labute approximate surface area is 196 Å². The minimum Gasteiger partial charge on any atom is -0.481 e. The van der Waals surface area contributed by atoms with Crippen molar-refractivity contribution in [2.75, 3.05) is 17.6 Å². The number of benzene rings is 3. The Morgan fingerprint density at radius 1 is 0.970 bits per heavy atom. The van der Waals surface area contributed by atoms with Crippen LogP contribution in [-0.2, 0) is 14.8 Å². The summed E-state index contributed by atoms with van der Waals surface area (Å²) in [5, 5.41) is 3.16. The number of hydrogen-bond acceptors (Lipinski definition) is 4. The Balaban J connectivity index is 1.79. The van der Waals surface area contributed by atoms with Gasteiger partial charge in [0.05, 0.1) is 18.0 Å². The van der Waals surface area contributed by atoms with Gasteiger partial charge in [0.15, 0.2) is 6.10 Å². The van der Waals surface area contributed by atoms with E-state index in [1.165, 1.54) is 11.4 Å². The molecular formula is C26H30N2O4S. The topological polar surface area (TPSA) is 75.7 Å². The van der Waals surface area contributed by atoms with Crippen LogP contribution in [0, 0.1) is 6.92 Å². The summed E-state index contributed by atoms with van der Waals surface area (Å²) in [6.45, 7) is 3.92. The molecule has 0 aliphatic heterocycles. The maximum Gasteiger partial charge on any atom is 0.261 e. The summed E-state index contributed by atoms with van der Waals surface area (Å²) in [4.78, 5) is 13.2. The molecule has 0 heterocycles. The molecular weight excluding hydrogens is 436 g/mol. The van der Waals surface area contributed by atoms with E-state index in [9.17, 15) is 13.2 Å². The minimum absolute atomic E-state index is 0.216. The van der Waals surface area contributed by atoms with Gasteiger partial charge in [-0.05, 0) is 54.3 Å². The van der Waals surface area contributed by atoms with Crippen LogP contribution in [0.2, 0.25) is 0 Å². The van der Waals surface area contributed by atoms with Gasteiger partial charge in [-0.3, -0.25) is 9.10 Å². The normalized spacial score (nSPS) is 13.1. The molecule has 0 fully saturated rings. The molecule has 0 unspecified atom stereocenters. The summed E-state index contributed by atoms with van der Waals surface area (Å²) in [5.41, 5.74) is 3.63. The Kier molecular flexibility index (Phi) is 7.76. The summed E-state index contributed by atoms with van der Waals surface area (Å²) in [7, 11) is -1.86. The molecule has 3 aromatic rings. The van der Waals surface area contributed by atoms with E-state index in [1.54, 1.807) is 24.3 Å². The zero-order valence-corrected chi connectivity index (χ0v) is 20.2. The van der Waals surface area contributed by atoms with Crippen LogP contribution in [0.1, 0.15) is 36.1 Å². The minimum atomic E-state index is -3.35. The lowest BCUT2D eigenvalue weighted by Gasteiger charge is -2.25. The van der Waals surface area contributed by atoms with E-state index >= 15 is 0 Å². The summed E-state index contributed by atoms with van der Waals surface area (Å²) >= 11 is 0. The van der Waals surface area contributed by atoms with Gasteiger partial charge < -0.3 is 10.1 Å². The van der Waals surface area contributed by atoms with E-state index in [0.717, 1.165) is 22.9 Å². The molecule has 0 aromatic heterocycles. The van der Waals surface area contributed by atoms with Crippen LogP contribution < -0.4 is 14.4 Å². The summed E-state index contributed by atoms with van der Waals surface area (Å²) in [6, 6.07) is 24.2. The Morgan fingerprint density at radius 2 is 1.58 bits per heavy atom. The van der Waals surface area contributed by atoms with E-state index in [0.29, 0.717) is 17.9 Å². The standard InChI is InChI=1S/C26H30N2O4S/c1-5-24(32-22-17-15-21(16-18-22)28(3)33(4,30)31)26(29)27-25(20-12-7-6-8-13-20)23-14-10-9-11-19(23)2/h6-18,24-25H,5H2,1-4H3,(H,27,29)/t24-,25-/m0/s1. The molecule has 1 N–H and O–H groups in total. The van der Waals surface area contributed by atoms with Gasteiger partial charge in [0.1, 0.15) is 5.75 Å². The number of hydrogen-bond donors (Lipinski definition) is 1. The molecule has 7 heteroatoms. The molecule has 0 saturated carbocycles. The van der Waals surface area contributed by atoms with Crippen LogP contribution in [0.3, 0.4) is 0 Å². The first kappa shape index (κ1) is 24.3. The number of rotatable bonds is 9. The van der Waals surface area contributed by atoms with E-state index in [4.69, 9.17) is 4.74 Å². The average molecular weight is 467 g/mol. The van der Waals surface area contributed by atoms with Crippen LogP contribution in [0.5, 0.6) is 5.75 Å². The molecule has 0 spiro atoms. The fourth-order valence-corrected chi connectivity index (χ4v) is 4.05. The van der Waals surface area contributed by atoms with Crippen LogP contribution in [0.25, 0.3) is 0 Å². The second kappa shape index (κ2) is 10.5. The first-order chi connectivity index (χ1) is 15.7. The van der Waals surface area contributed by atoms with Gasteiger partial charge in [0.25, 0.3) is 5.91 Å². The molecule has 33 heavy (non-hydrogen) atoms. The maximum atomic E-state index is 13.2. The zero-order chi connectivity index (χ0) is 24.0. The third-order valence-corrected chi connectivity index (χ3v) is 6.76. The fourth-order valence-electron chi connectivity index (χ4n) is 3.54. The summed E-state index contributed by atoms with van der Waals surface area (Å²) in [6.07, 6.45) is 0.928. The number of nitrogens with zero attached hydrogens (tertiary/aromatic N) is 1. The molecule has 3 aromatic carbocycles. The summed E-state index contributed by atoms with van der Waals surface area (Å²) < 4.78 is 30.6. The first-order valence-electron chi connectivity index (χ1n) is 10.8. The van der Waals surface area contributed by atoms with Crippen LogP contribution in [0.4, 0.5) is 5.69 Å². The van der Waals surface area contributed by atoms with Crippen molar-refractivity contribution < 1.29 is 17.9 Å². The molecule has 6 nitrogen and oxygen atoms in total. The van der Waals surface area contributed by atoms with Gasteiger partial charge >= 0.3 is 0 Å². The maximum absolute atomic E-state index is 13.2. The van der Waals surface area contributed by atoms with Gasteiger partial charge in [-0.15, -0.1) is 0 Å². The van der Waals surface area contributed by atoms with Crippen molar-refractivity contribution in [1.29, 1.82) is 0 Å². The zero-order valence-electron chi connectivity index (χ0n) is 19.4.